The van der Waals surface area contributed by atoms with Crippen molar-refractivity contribution in [3.63, 3.8) is 0 Å². The van der Waals surface area contributed by atoms with Gasteiger partial charge in [-0.15, -0.1) is 0 Å². The first-order valence-corrected chi connectivity index (χ1v) is 5.64. The van der Waals surface area contributed by atoms with E-state index in [1.165, 1.54) is 0 Å². The summed E-state index contributed by atoms with van der Waals surface area (Å²) >= 11 is 0. The maximum atomic E-state index is 11.9. The van der Waals surface area contributed by atoms with E-state index in [2.05, 4.69) is 10.3 Å². The number of benzene rings is 1. The Kier molecular flexibility index (Phi) is 3.55. The second kappa shape index (κ2) is 5.30. The first-order chi connectivity index (χ1) is 8.31. The lowest BCUT2D eigenvalue weighted by atomic mass is 10.2. The van der Waals surface area contributed by atoms with E-state index in [-0.39, 0.29) is 5.56 Å². The Morgan fingerprint density at radius 1 is 1.29 bits per heavy atom. The number of rotatable bonds is 4. The molecule has 0 amide bonds. The molecule has 4 heteroatoms. The van der Waals surface area contributed by atoms with Crippen molar-refractivity contribution in [2.45, 2.75) is 20.0 Å². The average molecular weight is 229 g/mol. The van der Waals surface area contributed by atoms with Gasteiger partial charge < -0.3 is 9.88 Å². The van der Waals surface area contributed by atoms with Crippen LogP contribution in [0.5, 0.6) is 0 Å². The first-order valence-electron chi connectivity index (χ1n) is 5.64. The Balaban J connectivity index is 2.12. The summed E-state index contributed by atoms with van der Waals surface area (Å²) in [7, 11) is 0. The van der Waals surface area contributed by atoms with Gasteiger partial charge in [-0.05, 0) is 12.5 Å². The zero-order valence-corrected chi connectivity index (χ0v) is 9.76. The molecule has 0 radical (unpaired) electrons. The maximum absolute atomic E-state index is 11.9. The van der Waals surface area contributed by atoms with Crippen LogP contribution in [0.15, 0.2) is 47.5 Å². The van der Waals surface area contributed by atoms with Crippen molar-refractivity contribution in [3.05, 3.63) is 58.6 Å². The normalized spacial score (nSPS) is 10.2. The summed E-state index contributed by atoms with van der Waals surface area (Å²) in [5.41, 5.74) is 1.05. The van der Waals surface area contributed by atoms with Gasteiger partial charge in [-0.3, -0.25) is 4.79 Å². The molecule has 4 nitrogen and oxygen atoms in total. The minimum Gasteiger partial charge on any atom is -0.361 e. The first kappa shape index (κ1) is 11.4. The zero-order chi connectivity index (χ0) is 12.1. The monoisotopic (exact) mass is 229 g/mol. The van der Waals surface area contributed by atoms with Crippen molar-refractivity contribution in [3.8, 4) is 0 Å². The van der Waals surface area contributed by atoms with Gasteiger partial charge in [-0.25, -0.2) is 4.98 Å². The molecule has 1 N–H and O–H groups in total. The minimum absolute atomic E-state index is 0.0778. The number of hydrogen-bond donors (Lipinski definition) is 1. The van der Waals surface area contributed by atoms with E-state index >= 15 is 0 Å². The molecule has 0 saturated carbocycles. The van der Waals surface area contributed by atoms with Gasteiger partial charge in [0.15, 0.2) is 5.82 Å². The lowest BCUT2D eigenvalue weighted by molar-refractivity contribution is 0.718. The Bertz CT molecular complexity index is 534. The van der Waals surface area contributed by atoms with Gasteiger partial charge in [0.2, 0.25) is 0 Å². The molecule has 17 heavy (non-hydrogen) atoms. The highest BCUT2D eigenvalue weighted by molar-refractivity contribution is 5.32. The van der Waals surface area contributed by atoms with Crippen LogP contribution in [-0.4, -0.2) is 9.55 Å². The molecule has 1 heterocycles. The standard InChI is InChI=1S/C13H15N3O/c1-2-16-9-8-14-12(13(16)17)15-10-11-6-4-3-5-7-11/h3-9H,2,10H2,1H3,(H,14,15). The number of aromatic nitrogens is 2. The van der Waals surface area contributed by atoms with Crippen molar-refractivity contribution < 1.29 is 0 Å². The number of aryl methyl sites for hydroxylation is 1. The van der Waals surface area contributed by atoms with Crippen LogP contribution in [0.4, 0.5) is 5.82 Å². The fourth-order valence-electron chi connectivity index (χ4n) is 1.60. The number of nitrogens with zero attached hydrogens (tertiary/aromatic N) is 2. The van der Waals surface area contributed by atoms with Crippen LogP contribution in [0.1, 0.15) is 12.5 Å². The number of anilines is 1. The number of hydrogen-bond acceptors (Lipinski definition) is 3. The smallest absolute Gasteiger partial charge is 0.293 e. The van der Waals surface area contributed by atoms with Gasteiger partial charge in [-0.2, -0.15) is 0 Å². The predicted octanol–water partition coefficient (Wildman–Crippen LogP) is 1.88. The molecule has 0 fully saturated rings. The largest absolute Gasteiger partial charge is 0.361 e. The van der Waals surface area contributed by atoms with Gasteiger partial charge in [0.05, 0.1) is 0 Å². The van der Waals surface area contributed by atoms with E-state index in [1.807, 2.05) is 37.3 Å². The molecule has 0 atom stereocenters. The zero-order valence-electron chi connectivity index (χ0n) is 9.76. The molecule has 0 aliphatic heterocycles. The van der Waals surface area contributed by atoms with E-state index in [1.54, 1.807) is 17.0 Å². The van der Waals surface area contributed by atoms with Gasteiger partial charge in [-0.1, -0.05) is 30.3 Å². The third-order valence-electron chi connectivity index (χ3n) is 2.56. The third-order valence-corrected chi connectivity index (χ3v) is 2.56. The van der Waals surface area contributed by atoms with E-state index in [0.29, 0.717) is 18.9 Å². The van der Waals surface area contributed by atoms with Crippen LogP contribution in [0.25, 0.3) is 0 Å². The topological polar surface area (TPSA) is 46.9 Å². The molecule has 0 aliphatic carbocycles. The maximum Gasteiger partial charge on any atom is 0.293 e. The SMILES string of the molecule is CCn1ccnc(NCc2ccccc2)c1=O. The Morgan fingerprint density at radius 3 is 2.76 bits per heavy atom. The van der Waals surface area contributed by atoms with Crippen LogP contribution in [0, 0.1) is 0 Å². The van der Waals surface area contributed by atoms with E-state index in [0.717, 1.165) is 5.56 Å². The van der Waals surface area contributed by atoms with Crippen molar-refractivity contribution in [1.29, 1.82) is 0 Å². The van der Waals surface area contributed by atoms with Gasteiger partial charge in [0.1, 0.15) is 0 Å². The summed E-state index contributed by atoms with van der Waals surface area (Å²) in [6.45, 7) is 3.19. The molecular formula is C13H15N3O. The van der Waals surface area contributed by atoms with E-state index in [4.69, 9.17) is 0 Å². The highest BCUT2D eigenvalue weighted by atomic mass is 16.1. The molecule has 2 aromatic rings. The van der Waals surface area contributed by atoms with Crippen molar-refractivity contribution in [2.24, 2.45) is 0 Å². The summed E-state index contributed by atoms with van der Waals surface area (Å²) in [4.78, 5) is 15.9. The Morgan fingerprint density at radius 2 is 2.06 bits per heavy atom. The number of nitrogens with one attached hydrogen (secondary N) is 1. The molecule has 1 aromatic carbocycles. The molecule has 0 bridgehead atoms. The lowest BCUT2D eigenvalue weighted by Gasteiger charge is -2.07. The Labute approximate surface area is 99.9 Å². The summed E-state index contributed by atoms with van der Waals surface area (Å²) in [6.07, 6.45) is 3.33. The summed E-state index contributed by atoms with van der Waals surface area (Å²) in [5, 5.41) is 3.06. The summed E-state index contributed by atoms with van der Waals surface area (Å²) in [6, 6.07) is 9.93. The van der Waals surface area contributed by atoms with Crippen LogP contribution in [-0.2, 0) is 13.1 Å². The molecule has 0 unspecified atom stereocenters. The molecule has 0 aliphatic rings. The molecule has 1 aromatic heterocycles. The third kappa shape index (κ3) is 2.72. The fraction of sp³-hybridized carbons (Fsp3) is 0.231. The molecule has 88 valence electrons. The van der Waals surface area contributed by atoms with Crippen LogP contribution < -0.4 is 10.9 Å². The fourth-order valence-corrected chi connectivity index (χ4v) is 1.60. The quantitative estimate of drug-likeness (QED) is 0.870. The van der Waals surface area contributed by atoms with Crippen molar-refractivity contribution in [2.75, 3.05) is 5.32 Å². The van der Waals surface area contributed by atoms with Crippen LogP contribution in [0.3, 0.4) is 0 Å². The van der Waals surface area contributed by atoms with Gasteiger partial charge >= 0.3 is 0 Å². The predicted molar refractivity (Wildman–Crippen MR) is 67.9 cm³/mol. The van der Waals surface area contributed by atoms with Crippen molar-refractivity contribution >= 4 is 5.82 Å². The molecular weight excluding hydrogens is 214 g/mol. The second-order valence-electron chi connectivity index (χ2n) is 3.71. The molecule has 0 spiro atoms. The lowest BCUT2D eigenvalue weighted by Crippen LogP contribution is -2.23. The molecule has 2 rings (SSSR count). The van der Waals surface area contributed by atoms with Crippen LogP contribution in [0.2, 0.25) is 0 Å². The summed E-state index contributed by atoms with van der Waals surface area (Å²) in [5.74, 6) is 0.401. The average Bonchev–Trinajstić information content (AvgIpc) is 2.39. The summed E-state index contributed by atoms with van der Waals surface area (Å²) < 4.78 is 1.63. The van der Waals surface area contributed by atoms with Gasteiger partial charge in [0.25, 0.3) is 5.56 Å². The second-order valence-corrected chi connectivity index (χ2v) is 3.71. The molecule has 0 saturated heterocycles. The minimum atomic E-state index is -0.0778. The van der Waals surface area contributed by atoms with Crippen molar-refractivity contribution in [1.82, 2.24) is 9.55 Å². The van der Waals surface area contributed by atoms with E-state index in [9.17, 15) is 4.79 Å². The van der Waals surface area contributed by atoms with Crippen LogP contribution >= 0.6 is 0 Å². The van der Waals surface area contributed by atoms with Gasteiger partial charge in [0, 0.05) is 25.5 Å². The Hall–Kier alpha value is -2.10. The highest BCUT2D eigenvalue weighted by Crippen LogP contribution is 2.01. The van der Waals surface area contributed by atoms with E-state index < -0.39 is 0 Å². The highest BCUT2D eigenvalue weighted by Gasteiger charge is 2.02.